The van der Waals surface area contributed by atoms with Crippen LogP contribution in [0.2, 0.25) is 0 Å². The van der Waals surface area contributed by atoms with Crippen LogP contribution in [0.3, 0.4) is 0 Å². The summed E-state index contributed by atoms with van der Waals surface area (Å²) in [5.74, 6) is 0.167. The quantitative estimate of drug-likeness (QED) is 0.641. The first kappa shape index (κ1) is 24.1. The Kier molecular flexibility index (Phi) is 7.51. The van der Waals surface area contributed by atoms with E-state index in [1.165, 1.54) is 6.07 Å². The van der Waals surface area contributed by atoms with Crippen molar-refractivity contribution in [2.75, 3.05) is 64.6 Å². The molecule has 1 N–H and O–H groups in total. The highest BCUT2D eigenvalue weighted by Crippen LogP contribution is 2.45. The predicted octanol–water partition coefficient (Wildman–Crippen LogP) is 3.10. The zero-order chi connectivity index (χ0) is 23.4. The smallest absolute Gasteiger partial charge is 0.382 e. The lowest BCUT2D eigenvalue weighted by molar-refractivity contribution is -0.137. The minimum absolute atomic E-state index is 0.140. The molecule has 2 fully saturated rings. The van der Waals surface area contributed by atoms with E-state index in [0.717, 1.165) is 12.5 Å². The van der Waals surface area contributed by atoms with Gasteiger partial charge in [-0.2, -0.15) is 18.4 Å². The second kappa shape index (κ2) is 9.96. The number of carbonyl (C=O) groups is 1. The Morgan fingerprint density at radius 2 is 2.12 bits per heavy atom. The molecule has 2 heterocycles. The first-order valence-electron chi connectivity index (χ1n) is 10.7. The number of piperidine rings is 1. The van der Waals surface area contributed by atoms with E-state index >= 15 is 0 Å². The Labute approximate surface area is 186 Å². The summed E-state index contributed by atoms with van der Waals surface area (Å²) in [7, 11) is 1.59. The fourth-order valence-electron chi connectivity index (χ4n) is 4.70. The number of benzene rings is 1. The van der Waals surface area contributed by atoms with Gasteiger partial charge in [-0.3, -0.25) is 0 Å². The van der Waals surface area contributed by atoms with Gasteiger partial charge in [0.25, 0.3) is 0 Å². The summed E-state index contributed by atoms with van der Waals surface area (Å²) in [6, 6.07) is 5.32. The van der Waals surface area contributed by atoms with Gasteiger partial charge in [-0.05, 0) is 37.5 Å². The molecule has 2 amide bonds. The molecule has 2 aliphatic heterocycles. The van der Waals surface area contributed by atoms with Crippen LogP contribution in [0.25, 0.3) is 0 Å². The number of fused-ring (bicyclic) bond motifs is 1. The number of anilines is 1. The molecule has 2 atom stereocenters. The first-order valence-corrected chi connectivity index (χ1v) is 10.7. The standard InChI is InChI=1S/C22H29F3N4O3/c1-3-27-20(30)28-7-6-17-12-29(14-21(17,13-28)15-32-9-8-31-2)18-5-4-16(11-26)19(10-18)22(23,24)25/h4-5,10,17H,3,6-9,12-15H2,1-2H3,(H,27,30)/t17-,21+/m1/s1. The summed E-state index contributed by atoms with van der Waals surface area (Å²) in [5, 5.41) is 11.9. The van der Waals surface area contributed by atoms with Crippen LogP contribution >= 0.6 is 0 Å². The third kappa shape index (κ3) is 5.10. The van der Waals surface area contributed by atoms with Crippen molar-refractivity contribution in [3.8, 4) is 6.07 Å². The maximum atomic E-state index is 13.5. The highest BCUT2D eigenvalue weighted by molar-refractivity contribution is 5.74. The third-order valence-corrected chi connectivity index (χ3v) is 6.30. The third-order valence-electron chi connectivity index (χ3n) is 6.30. The topological polar surface area (TPSA) is 77.8 Å². The van der Waals surface area contributed by atoms with E-state index < -0.39 is 22.7 Å². The molecule has 0 aromatic heterocycles. The SMILES string of the molecule is CCNC(=O)N1CC[C@@H]2CN(c3ccc(C#N)c(C(F)(F)F)c3)C[C@]2(COCCOC)C1. The highest BCUT2D eigenvalue weighted by Gasteiger charge is 2.51. The van der Waals surface area contributed by atoms with Gasteiger partial charge in [-0.1, -0.05) is 0 Å². The number of nitriles is 1. The van der Waals surface area contributed by atoms with E-state index in [1.807, 2.05) is 11.8 Å². The van der Waals surface area contributed by atoms with Gasteiger partial charge < -0.3 is 24.6 Å². The molecule has 2 saturated heterocycles. The minimum Gasteiger partial charge on any atom is -0.382 e. The van der Waals surface area contributed by atoms with Gasteiger partial charge in [-0.25, -0.2) is 4.79 Å². The fraction of sp³-hybridized carbons (Fsp3) is 0.636. The number of alkyl halides is 3. The number of methoxy groups -OCH3 is 1. The Morgan fingerprint density at radius 3 is 2.78 bits per heavy atom. The normalized spacial score (nSPS) is 23.1. The molecule has 0 bridgehead atoms. The number of nitrogens with zero attached hydrogens (tertiary/aromatic N) is 3. The molecular weight excluding hydrogens is 425 g/mol. The minimum atomic E-state index is -4.61. The van der Waals surface area contributed by atoms with Gasteiger partial charge in [0.15, 0.2) is 0 Å². The van der Waals surface area contributed by atoms with Gasteiger partial charge in [0.2, 0.25) is 0 Å². The van der Waals surface area contributed by atoms with Crippen LogP contribution in [0.5, 0.6) is 0 Å². The zero-order valence-electron chi connectivity index (χ0n) is 18.4. The average Bonchev–Trinajstić information content (AvgIpc) is 3.15. The lowest BCUT2D eigenvalue weighted by atomic mass is 9.74. The van der Waals surface area contributed by atoms with Crippen molar-refractivity contribution in [1.29, 1.82) is 5.26 Å². The van der Waals surface area contributed by atoms with Crippen molar-refractivity contribution in [3.05, 3.63) is 29.3 Å². The van der Waals surface area contributed by atoms with Crippen molar-refractivity contribution in [3.63, 3.8) is 0 Å². The zero-order valence-corrected chi connectivity index (χ0v) is 18.4. The van der Waals surface area contributed by atoms with Crippen LogP contribution in [-0.2, 0) is 15.7 Å². The second-order valence-corrected chi connectivity index (χ2v) is 8.37. The van der Waals surface area contributed by atoms with Crippen molar-refractivity contribution in [1.82, 2.24) is 10.2 Å². The van der Waals surface area contributed by atoms with E-state index in [1.54, 1.807) is 24.1 Å². The monoisotopic (exact) mass is 454 g/mol. The summed E-state index contributed by atoms with van der Waals surface area (Å²) in [5.41, 5.74) is -1.30. The lowest BCUT2D eigenvalue weighted by Gasteiger charge is -2.43. The number of hydrogen-bond acceptors (Lipinski definition) is 5. The van der Waals surface area contributed by atoms with E-state index in [2.05, 4.69) is 5.32 Å². The molecule has 0 aliphatic carbocycles. The van der Waals surface area contributed by atoms with Crippen LogP contribution in [0.15, 0.2) is 18.2 Å². The van der Waals surface area contributed by atoms with Crippen LogP contribution in [-0.4, -0.2) is 70.6 Å². The number of carbonyl (C=O) groups excluding carboxylic acids is 1. The highest BCUT2D eigenvalue weighted by atomic mass is 19.4. The number of nitrogens with one attached hydrogen (secondary N) is 1. The molecule has 2 aliphatic rings. The van der Waals surface area contributed by atoms with Gasteiger partial charge >= 0.3 is 12.2 Å². The first-order chi connectivity index (χ1) is 15.2. The van der Waals surface area contributed by atoms with Gasteiger partial charge in [0, 0.05) is 50.9 Å². The number of urea groups is 1. The molecule has 7 nitrogen and oxygen atoms in total. The van der Waals surface area contributed by atoms with E-state index in [-0.39, 0.29) is 11.9 Å². The largest absolute Gasteiger partial charge is 0.417 e. The van der Waals surface area contributed by atoms with Crippen molar-refractivity contribution in [2.45, 2.75) is 19.5 Å². The number of hydrogen-bond donors (Lipinski definition) is 1. The Hall–Kier alpha value is -2.51. The molecule has 1 aromatic carbocycles. The number of rotatable bonds is 7. The van der Waals surface area contributed by atoms with E-state index in [4.69, 9.17) is 14.7 Å². The summed E-state index contributed by atoms with van der Waals surface area (Å²) < 4.78 is 51.3. The molecule has 0 radical (unpaired) electrons. The predicted molar refractivity (Wildman–Crippen MR) is 112 cm³/mol. The Morgan fingerprint density at radius 1 is 1.34 bits per heavy atom. The molecule has 0 unspecified atom stereocenters. The van der Waals surface area contributed by atoms with Crippen molar-refractivity contribution >= 4 is 11.7 Å². The van der Waals surface area contributed by atoms with Gasteiger partial charge in [0.05, 0.1) is 37.0 Å². The number of halogens is 3. The molecule has 32 heavy (non-hydrogen) atoms. The summed E-state index contributed by atoms with van der Waals surface area (Å²) in [6.07, 6.45) is -3.87. The molecule has 1 aromatic rings. The number of likely N-dealkylation sites (tertiary alicyclic amines) is 1. The van der Waals surface area contributed by atoms with Crippen LogP contribution in [0, 0.1) is 22.7 Å². The summed E-state index contributed by atoms with van der Waals surface area (Å²) in [4.78, 5) is 16.2. The maximum Gasteiger partial charge on any atom is 0.417 e. The Balaban J connectivity index is 1.86. The molecule has 3 rings (SSSR count). The van der Waals surface area contributed by atoms with E-state index in [9.17, 15) is 18.0 Å². The maximum absolute atomic E-state index is 13.5. The number of amides is 2. The second-order valence-electron chi connectivity index (χ2n) is 8.37. The van der Waals surface area contributed by atoms with Gasteiger partial charge in [-0.15, -0.1) is 0 Å². The van der Waals surface area contributed by atoms with Crippen LogP contribution < -0.4 is 10.2 Å². The Bertz CT molecular complexity index is 858. The van der Waals surface area contributed by atoms with Gasteiger partial charge in [0.1, 0.15) is 0 Å². The number of ether oxygens (including phenoxy) is 2. The fourth-order valence-corrected chi connectivity index (χ4v) is 4.70. The molecule has 10 heteroatoms. The molecule has 0 saturated carbocycles. The summed E-state index contributed by atoms with van der Waals surface area (Å²) in [6.45, 7) is 5.69. The lowest BCUT2D eigenvalue weighted by Crippen LogP contribution is -2.55. The van der Waals surface area contributed by atoms with Crippen LogP contribution in [0.1, 0.15) is 24.5 Å². The van der Waals surface area contributed by atoms with Crippen molar-refractivity contribution < 1.29 is 27.4 Å². The molecule has 0 spiro atoms. The molecular formula is C22H29F3N4O3. The van der Waals surface area contributed by atoms with Crippen molar-refractivity contribution in [2.24, 2.45) is 11.3 Å². The van der Waals surface area contributed by atoms with Crippen LogP contribution in [0.4, 0.5) is 23.7 Å². The molecule has 176 valence electrons. The summed E-state index contributed by atoms with van der Waals surface area (Å²) >= 11 is 0. The van der Waals surface area contributed by atoms with E-state index in [0.29, 0.717) is 58.2 Å². The average molecular weight is 454 g/mol.